The van der Waals surface area contributed by atoms with Gasteiger partial charge in [0.1, 0.15) is 0 Å². The summed E-state index contributed by atoms with van der Waals surface area (Å²) in [5.74, 6) is 0. The Bertz CT molecular complexity index is 397. The quantitative estimate of drug-likeness (QED) is 0.731. The van der Waals surface area contributed by atoms with Crippen molar-refractivity contribution in [1.29, 1.82) is 0 Å². The highest BCUT2D eigenvalue weighted by molar-refractivity contribution is 5.61. The predicted octanol–water partition coefficient (Wildman–Crippen LogP) is 2.96. The Balaban J connectivity index is 1.73. The number of hydrogen-bond donors (Lipinski definition) is 1. The van der Waals surface area contributed by atoms with Crippen molar-refractivity contribution in [2.75, 3.05) is 23.7 Å². The van der Waals surface area contributed by atoms with Gasteiger partial charge in [-0.25, -0.2) is 0 Å². The number of aryl methyl sites for hydroxylation is 1. The van der Waals surface area contributed by atoms with Gasteiger partial charge in [-0.3, -0.25) is 0 Å². The molecule has 0 amide bonds. The van der Waals surface area contributed by atoms with E-state index in [9.17, 15) is 0 Å². The average Bonchev–Trinajstić information content (AvgIpc) is 2.69. The fourth-order valence-corrected chi connectivity index (χ4v) is 3.21. The molecule has 1 aliphatic carbocycles. The third-order valence-corrected chi connectivity index (χ3v) is 4.34. The van der Waals surface area contributed by atoms with Crippen LogP contribution in [0.5, 0.6) is 0 Å². The molecule has 86 valence electrons. The molecule has 2 fully saturated rings. The number of rotatable bonds is 1. The summed E-state index contributed by atoms with van der Waals surface area (Å²) in [6.07, 6.45) is 5.74. The van der Waals surface area contributed by atoms with Gasteiger partial charge >= 0.3 is 0 Å². The molecule has 1 aliphatic heterocycles. The van der Waals surface area contributed by atoms with Gasteiger partial charge in [0.15, 0.2) is 0 Å². The SMILES string of the molecule is Cc1ccc(N2CC3(CCCC3)C2)cc1N. The average molecular weight is 216 g/mol. The van der Waals surface area contributed by atoms with Crippen molar-refractivity contribution in [2.45, 2.75) is 32.6 Å². The topological polar surface area (TPSA) is 29.3 Å². The second-order valence-corrected chi connectivity index (χ2v) is 5.60. The maximum Gasteiger partial charge on any atom is 0.0387 e. The van der Waals surface area contributed by atoms with Crippen molar-refractivity contribution in [1.82, 2.24) is 0 Å². The molecule has 1 spiro atoms. The Morgan fingerprint density at radius 2 is 1.88 bits per heavy atom. The van der Waals surface area contributed by atoms with Gasteiger partial charge in [0, 0.05) is 29.9 Å². The van der Waals surface area contributed by atoms with E-state index in [0.717, 1.165) is 5.69 Å². The van der Waals surface area contributed by atoms with Crippen molar-refractivity contribution in [3.63, 3.8) is 0 Å². The molecule has 0 bridgehead atoms. The first-order valence-corrected chi connectivity index (χ1v) is 6.30. The molecule has 0 atom stereocenters. The number of hydrogen-bond acceptors (Lipinski definition) is 2. The Morgan fingerprint density at radius 1 is 1.19 bits per heavy atom. The molecule has 16 heavy (non-hydrogen) atoms. The van der Waals surface area contributed by atoms with Crippen LogP contribution in [-0.4, -0.2) is 13.1 Å². The first-order chi connectivity index (χ1) is 7.69. The Hall–Kier alpha value is -1.18. The minimum atomic E-state index is 0.666. The summed E-state index contributed by atoms with van der Waals surface area (Å²) in [7, 11) is 0. The highest BCUT2D eigenvalue weighted by atomic mass is 15.2. The lowest BCUT2D eigenvalue weighted by Crippen LogP contribution is -2.55. The van der Waals surface area contributed by atoms with Crippen LogP contribution < -0.4 is 10.6 Å². The first kappa shape index (κ1) is 10.0. The molecule has 1 aromatic rings. The fraction of sp³-hybridized carbons (Fsp3) is 0.571. The first-order valence-electron chi connectivity index (χ1n) is 6.30. The number of benzene rings is 1. The molecule has 2 aliphatic rings. The summed E-state index contributed by atoms with van der Waals surface area (Å²) in [5.41, 5.74) is 10.0. The van der Waals surface area contributed by atoms with E-state index in [1.165, 1.54) is 50.0 Å². The van der Waals surface area contributed by atoms with Crippen molar-refractivity contribution < 1.29 is 0 Å². The largest absolute Gasteiger partial charge is 0.398 e. The van der Waals surface area contributed by atoms with Gasteiger partial charge in [0.25, 0.3) is 0 Å². The lowest BCUT2D eigenvalue weighted by molar-refractivity contribution is 0.222. The van der Waals surface area contributed by atoms with Gasteiger partial charge < -0.3 is 10.6 Å². The molecular weight excluding hydrogens is 196 g/mol. The van der Waals surface area contributed by atoms with E-state index in [1.807, 2.05) is 0 Å². The van der Waals surface area contributed by atoms with E-state index in [1.54, 1.807) is 0 Å². The molecule has 2 heteroatoms. The van der Waals surface area contributed by atoms with Crippen LogP contribution in [0.4, 0.5) is 11.4 Å². The summed E-state index contributed by atoms with van der Waals surface area (Å²) in [5, 5.41) is 0. The van der Waals surface area contributed by atoms with E-state index < -0.39 is 0 Å². The summed E-state index contributed by atoms with van der Waals surface area (Å²) in [4.78, 5) is 2.47. The molecular formula is C14H20N2. The second-order valence-electron chi connectivity index (χ2n) is 5.60. The number of anilines is 2. The summed E-state index contributed by atoms with van der Waals surface area (Å²) < 4.78 is 0. The summed E-state index contributed by atoms with van der Waals surface area (Å²) in [6, 6.07) is 6.45. The summed E-state index contributed by atoms with van der Waals surface area (Å²) in [6.45, 7) is 4.55. The Morgan fingerprint density at radius 3 is 2.50 bits per heavy atom. The molecule has 1 heterocycles. The monoisotopic (exact) mass is 216 g/mol. The smallest absolute Gasteiger partial charge is 0.0387 e. The molecule has 2 nitrogen and oxygen atoms in total. The van der Waals surface area contributed by atoms with E-state index in [2.05, 4.69) is 30.0 Å². The zero-order valence-corrected chi connectivity index (χ0v) is 10.00. The van der Waals surface area contributed by atoms with Crippen LogP contribution in [0.25, 0.3) is 0 Å². The van der Waals surface area contributed by atoms with E-state index in [0.29, 0.717) is 5.41 Å². The molecule has 0 unspecified atom stereocenters. The predicted molar refractivity (Wildman–Crippen MR) is 68.7 cm³/mol. The molecule has 1 aromatic carbocycles. The van der Waals surface area contributed by atoms with Crippen LogP contribution in [-0.2, 0) is 0 Å². The van der Waals surface area contributed by atoms with Gasteiger partial charge in [-0.1, -0.05) is 18.9 Å². The van der Waals surface area contributed by atoms with Crippen LogP contribution >= 0.6 is 0 Å². The zero-order chi connectivity index (χ0) is 11.2. The normalized spacial score (nSPS) is 22.4. The fourth-order valence-electron chi connectivity index (χ4n) is 3.21. The van der Waals surface area contributed by atoms with E-state index in [4.69, 9.17) is 5.73 Å². The maximum absolute atomic E-state index is 5.96. The van der Waals surface area contributed by atoms with Crippen LogP contribution in [0.2, 0.25) is 0 Å². The van der Waals surface area contributed by atoms with Crippen LogP contribution in [0.15, 0.2) is 18.2 Å². The molecule has 2 N–H and O–H groups in total. The van der Waals surface area contributed by atoms with Crippen LogP contribution in [0.1, 0.15) is 31.2 Å². The van der Waals surface area contributed by atoms with Gasteiger partial charge in [-0.05, 0) is 37.5 Å². The molecule has 0 radical (unpaired) electrons. The number of nitrogen functional groups attached to an aromatic ring is 1. The molecule has 0 aromatic heterocycles. The van der Waals surface area contributed by atoms with Crippen molar-refractivity contribution in [3.8, 4) is 0 Å². The minimum Gasteiger partial charge on any atom is -0.398 e. The molecule has 3 rings (SSSR count). The van der Waals surface area contributed by atoms with E-state index in [-0.39, 0.29) is 0 Å². The zero-order valence-electron chi connectivity index (χ0n) is 10.00. The molecule has 1 saturated heterocycles. The van der Waals surface area contributed by atoms with Crippen molar-refractivity contribution in [2.24, 2.45) is 5.41 Å². The van der Waals surface area contributed by atoms with Crippen molar-refractivity contribution in [3.05, 3.63) is 23.8 Å². The molecule has 1 saturated carbocycles. The standard InChI is InChI=1S/C14H20N2/c1-11-4-5-12(8-13(11)15)16-9-14(10-16)6-2-3-7-14/h4-5,8H,2-3,6-7,9-10,15H2,1H3. The highest BCUT2D eigenvalue weighted by Crippen LogP contribution is 2.47. The van der Waals surface area contributed by atoms with Gasteiger partial charge in [-0.2, -0.15) is 0 Å². The van der Waals surface area contributed by atoms with Crippen molar-refractivity contribution >= 4 is 11.4 Å². The number of nitrogens with zero attached hydrogens (tertiary/aromatic N) is 1. The van der Waals surface area contributed by atoms with Gasteiger partial charge in [0.05, 0.1) is 0 Å². The summed E-state index contributed by atoms with van der Waals surface area (Å²) >= 11 is 0. The number of nitrogens with two attached hydrogens (primary N) is 1. The lowest BCUT2D eigenvalue weighted by Gasteiger charge is -2.50. The van der Waals surface area contributed by atoms with Crippen LogP contribution in [0, 0.1) is 12.3 Å². The van der Waals surface area contributed by atoms with Crippen LogP contribution in [0.3, 0.4) is 0 Å². The third kappa shape index (κ3) is 1.48. The maximum atomic E-state index is 5.96. The Labute approximate surface area is 97.4 Å². The minimum absolute atomic E-state index is 0.666. The highest BCUT2D eigenvalue weighted by Gasteiger charge is 2.44. The van der Waals surface area contributed by atoms with Gasteiger partial charge in [-0.15, -0.1) is 0 Å². The third-order valence-electron chi connectivity index (χ3n) is 4.34. The van der Waals surface area contributed by atoms with E-state index >= 15 is 0 Å². The van der Waals surface area contributed by atoms with Gasteiger partial charge in [0.2, 0.25) is 0 Å². The lowest BCUT2D eigenvalue weighted by atomic mass is 9.78. The second kappa shape index (κ2) is 3.41. The Kier molecular flexibility index (Phi) is 2.13.